The number of benzene rings is 1. The van der Waals surface area contributed by atoms with Gasteiger partial charge in [0.05, 0.1) is 23.1 Å². The van der Waals surface area contributed by atoms with Crippen LogP contribution in [0, 0.1) is 23.4 Å². The van der Waals surface area contributed by atoms with E-state index in [1.54, 1.807) is 12.3 Å². The third-order valence-corrected chi connectivity index (χ3v) is 5.90. The summed E-state index contributed by atoms with van der Waals surface area (Å²) >= 11 is 0. The number of halogens is 3. The van der Waals surface area contributed by atoms with Crippen LogP contribution >= 0.6 is 0 Å². The van der Waals surface area contributed by atoms with Crippen LogP contribution in [0.15, 0.2) is 42.7 Å². The van der Waals surface area contributed by atoms with E-state index in [1.165, 1.54) is 6.20 Å². The molecule has 35 heavy (non-hydrogen) atoms. The van der Waals surface area contributed by atoms with Crippen LogP contribution in [-0.4, -0.2) is 46.7 Å². The number of hydrogen-bond acceptors (Lipinski definition) is 6. The van der Waals surface area contributed by atoms with E-state index < -0.39 is 34.6 Å². The zero-order valence-corrected chi connectivity index (χ0v) is 19.1. The van der Waals surface area contributed by atoms with Gasteiger partial charge in [-0.05, 0) is 54.7 Å². The summed E-state index contributed by atoms with van der Waals surface area (Å²) in [6.45, 7) is 3.18. The van der Waals surface area contributed by atoms with Crippen molar-refractivity contribution in [1.82, 2.24) is 9.97 Å². The fourth-order valence-electron chi connectivity index (χ4n) is 4.41. The summed E-state index contributed by atoms with van der Waals surface area (Å²) in [5.74, 6) is -3.38. The minimum atomic E-state index is -1.04. The van der Waals surface area contributed by atoms with E-state index in [0.29, 0.717) is 18.2 Å². The number of carbonyl (C=O) groups excluding carboxylic acids is 1. The van der Waals surface area contributed by atoms with Crippen molar-refractivity contribution in [2.75, 3.05) is 29.9 Å². The molecule has 1 fully saturated rings. The number of hydrogen-bond donors (Lipinski definition) is 3. The number of nitrogens with two attached hydrogens (primary N) is 1. The third kappa shape index (κ3) is 5.44. The maximum atomic E-state index is 14.6. The lowest BCUT2D eigenvalue weighted by molar-refractivity contribution is 0.102. The maximum Gasteiger partial charge on any atom is 0.274 e. The molecule has 4 rings (SSSR count). The van der Waals surface area contributed by atoms with Gasteiger partial charge < -0.3 is 21.1 Å². The molecular weight excluding hydrogens is 459 g/mol. The molecule has 0 unspecified atom stereocenters. The largest absolute Gasteiger partial charge is 0.396 e. The Hall–Kier alpha value is -3.50. The lowest BCUT2D eigenvalue weighted by atomic mass is 9.96. The number of pyridine rings is 2. The minimum absolute atomic E-state index is 0.00894. The summed E-state index contributed by atoms with van der Waals surface area (Å²) in [4.78, 5) is 23.1. The van der Waals surface area contributed by atoms with Crippen molar-refractivity contribution in [3.8, 4) is 11.3 Å². The molecule has 1 aliphatic heterocycles. The van der Waals surface area contributed by atoms with Crippen LogP contribution in [0.2, 0.25) is 0 Å². The second kappa shape index (κ2) is 10.4. The summed E-state index contributed by atoms with van der Waals surface area (Å²) in [6, 6.07) is 5.85. The van der Waals surface area contributed by atoms with Gasteiger partial charge in [0.2, 0.25) is 0 Å². The topological polar surface area (TPSA) is 104 Å². The van der Waals surface area contributed by atoms with E-state index in [1.807, 2.05) is 0 Å². The van der Waals surface area contributed by atoms with Crippen molar-refractivity contribution in [3.63, 3.8) is 0 Å². The average Bonchev–Trinajstić information content (AvgIpc) is 2.79. The number of aromatic nitrogens is 2. The molecule has 2 aromatic heterocycles. The van der Waals surface area contributed by atoms with Crippen molar-refractivity contribution in [3.05, 3.63) is 71.4 Å². The highest BCUT2D eigenvalue weighted by Crippen LogP contribution is 2.31. The number of carbonyl (C=O) groups is 1. The zero-order valence-electron chi connectivity index (χ0n) is 19.1. The van der Waals surface area contributed by atoms with Crippen LogP contribution in [0.1, 0.15) is 29.4 Å². The Bertz CT molecular complexity index is 1210. The molecule has 0 bridgehead atoms. The first-order valence-corrected chi connectivity index (χ1v) is 11.3. The predicted molar refractivity (Wildman–Crippen MR) is 126 cm³/mol. The van der Waals surface area contributed by atoms with E-state index >= 15 is 0 Å². The molecule has 1 aromatic carbocycles. The number of piperidine rings is 1. The minimum Gasteiger partial charge on any atom is -0.396 e. The number of rotatable bonds is 6. The molecule has 1 amide bonds. The van der Waals surface area contributed by atoms with Crippen LogP contribution in [-0.2, 0) is 6.42 Å². The lowest BCUT2D eigenvalue weighted by Crippen LogP contribution is -2.46. The summed E-state index contributed by atoms with van der Waals surface area (Å²) in [7, 11) is 0. The fourth-order valence-corrected chi connectivity index (χ4v) is 4.41. The van der Waals surface area contributed by atoms with Crippen LogP contribution in [0.3, 0.4) is 0 Å². The van der Waals surface area contributed by atoms with Gasteiger partial charge in [-0.3, -0.25) is 9.78 Å². The quantitative estimate of drug-likeness (QED) is 0.494. The van der Waals surface area contributed by atoms with Crippen LogP contribution in [0.4, 0.5) is 24.5 Å². The van der Waals surface area contributed by atoms with Crippen molar-refractivity contribution < 1.29 is 23.1 Å². The van der Waals surface area contributed by atoms with Crippen molar-refractivity contribution >= 4 is 17.3 Å². The Morgan fingerprint density at radius 1 is 1.17 bits per heavy atom. The Balaban J connectivity index is 1.63. The highest BCUT2D eigenvalue weighted by Gasteiger charge is 2.25. The fraction of sp³-hybridized carbons (Fsp3) is 0.320. The molecule has 0 aliphatic carbocycles. The molecule has 3 aromatic rings. The Morgan fingerprint density at radius 3 is 2.60 bits per heavy atom. The SMILES string of the molecule is C[C@@H]1C[C@H](N)CN(c2ccncc2NC(=O)c2ccc(F)c(-c3c(F)cc(CCO)cc3F)n2)C1. The van der Waals surface area contributed by atoms with E-state index in [-0.39, 0.29) is 30.3 Å². The van der Waals surface area contributed by atoms with Gasteiger partial charge >= 0.3 is 0 Å². The molecule has 2 atom stereocenters. The van der Waals surface area contributed by atoms with Gasteiger partial charge in [-0.25, -0.2) is 18.2 Å². The van der Waals surface area contributed by atoms with E-state index in [4.69, 9.17) is 10.8 Å². The highest BCUT2D eigenvalue weighted by atomic mass is 19.1. The summed E-state index contributed by atoms with van der Waals surface area (Å²) < 4.78 is 43.8. The lowest BCUT2D eigenvalue weighted by Gasteiger charge is -2.37. The molecule has 184 valence electrons. The van der Waals surface area contributed by atoms with Gasteiger partial charge in [0.15, 0.2) is 0 Å². The zero-order chi connectivity index (χ0) is 25.1. The van der Waals surface area contributed by atoms with Crippen molar-refractivity contribution in [2.45, 2.75) is 25.8 Å². The first kappa shape index (κ1) is 24.6. The maximum absolute atomic E-state index is 14.6. The summed E-state index contributed by atoms with van der Waals surface area (Å²) in [5.41, 5.74) is 6.00. The second-order valence-corrected chi connectivity index (χ2v) is 8.79. The first-order chi connectivity index (χ1) is 16.8. The van der Waals surface area contributed by atoms with E-state index in [0.717, 1.165) is 42.9 Å². The van der Waals surface area contributed by atoms with Gasteiger partial charge in [0.25, 0.3) is 5.91 Å². The molecule has 1 saturated heterocycles. The van der Waals surface area contributed by atoms with Crippen LogP contribution in [0.5, 0.6) is 0 Å². The van der Waals surface area contributed by atoms with E-state index in [9.17, 15) is 18.0 Å². The molecule has 1 aliphatic rings. The standard InChI is InChI=1S/C25H26F3N5O2/c1-14-8-16(29)13-33(12-14)22-4-6-30-11-21(22)32-25(35)20-3-2-17(26)24(31-20)23-18(27)9-15(5-7-34)10-19(23)28/h2-4,6,9-11,14,16,34H,5,7-8,12-13,29H2,1H3,(H,32,35)/t14-,16+/m1/s1. The molecule has 7 nitrogen and oxygen atoms in total. The van der Waals surface area contributed by atoms with Crippen LogP contribution in [0.25, 0.3) is 11.3 Å². The number of amides is 1. The van der Waals surface area contributed by atoms with Crippen molar-refractivity contribution in [1.29, 1.82) is 0 Å². The van der Waals surface area contributed by atoms with Gasteiger partial charge in [0, 0.05) is 31.9 Å². The molecule has 10 heteroatoms. The van der Waals surface area contributed by atoms with Gasteiger partial charge in [-0.2, -0.15) is 0 Å². The number of nitrogens with one attached hydrogen (secondary N) is 1. The van der Waals surface area contributed by atoms with Gasteiger partial charge in [-0.1, -0.05) is 6.92 Å². The molecule has 0 saturated carbocycles. The molecule has 3 heterocycles. The number of nitrogens with zero attached hydrogens (tertiary/aromatic N) is 3. The second-order valence-electron chi connectivity index (χ2n) is 8.79. The smallest absolute Gasteiger partial charge is 0.274 e. The number of anilines is 2. The Labute approximate surface area is 200 Å². The average molecular weight is 486 g/mol. The number of aliphatic hydroxyl groups is 1. The van der Waals surface area contributed by atoms with E-state index in [2.05, 4.69) is 27.1 Å². The molecule has 0 radical (unpaired) electrons. The molecule has 0 spiro atoms. The normalized spacial score (nSPS) is 17.9. The summed E-state index contributed by atoms with van der Waals surface area (Å²) in [6.07, 6.45) is 4.04. The van der Waals surface area contributed by atoms with Crippen LogP contribution < -0.4 is 16.0 Å². The monoisotopic (exact) mass is 485 g/mol. The Kier molecular flexibility index (Phi) is 7.32. The van der Waals surface area contributed by atoms with Gasteiger partial charge in [0.1, 0.15) is 28.8 Å². The molecular formula is C25H26F3N5O2. The van der Waals surface area contributed by atoms with Crippen molar-refractivity contribution in [2.24, 2.45) is 11.7 Å². The molecule has 4 N–H and O–H groups in total. The Morgan fingerprint density at radius 2 is 1.91 bits per heavy atom. The number of aliphatic hydroxyl groups excluding tert-OH is 1. The predicted octanol–water partition coefficient (Wildman–Crippen LogP) is 3.52. The first-order valence-electron chi connectivity index (χ1n) is 11.3. The van der Waals surface area contributed by atoms with Gasteiger partial charge in [-0.15, -0.1) is 0 Å². The summed E-state index contributed by atoms with van der Waals surface area (Å²) in [5, 5.41) is 11.7. The highest BCUT2D eigenvalue weighted by molar-refractivity contribution is 6.04. The third-order valence-electron chi connectivity index (χ3n) is 5.90.